The maximum Gasteiger partial charge on any atom is 0.238 e. The van der Waals surface area contributed by atoms with Gasteiger partial charge < -0.3 is 15.4 Å². The summed E-state index contributed by atoms with van der Waals surface area (Å²) in [7, 11) is 0. The van der Waals surface area contributed by atoms with E-state index in [1.165, 1.54) is 0 Å². The monoisotopic (exact) mass is 346 g/mol. The molecule has 0 radical (unpaired) electrons. The van der Waals surface area contributed by atoms with Gasteiger partial charge in [-0.15, -0.1) is 0 Å². The summed E-state index contributed by atoms with van der Waals surface area (Å²) in [6.45, 7) is 2.29. The van der Waals surface area contributed by atoms with Crippen molar-refractivity contribution in [1.29, 1.82) is 0 Å². The minimum atomic E-state index is -0.0792. The van der Waals surface area contributed by atoms with E-state index < -0.39 is 0 Å². The molecule has 0 aliphatic carbocycles. The van der Waals surface area contributed by atoms with Crippen LogP contribution in [0, 0.1) is 0 Å². The quantitative estimate of drug-likeness (QED) is 0.648. The highest BCUT2D eigenvalue weighted by Gasteiger charge is 2.07. The molecule has 0 bridgehead atoms. The highest BCUT2D eigenvalue weighted by molar-refractivity contribution is 5.92. The number of carbonyl (C=O) groups is 1. The first kappa shape index (κ1) is 17.7. The number of anilines is 1. The van der Waals surface area contributed by atoms with Crippen LogP contribution in [0.3, 0.4) is 0 Å². The van der Waals surface area contributed by atoms with Crippen LogP contribution in [0.25, 0.3) is 0 Å². The minimum absolute atomic E-state index is 0.0792. The average molecular weight is 346 g/mol. The van der Waals surface area contributed by atoms with Crippen molar-refractivity contribution < 1.29 is 9.53 Å². The van der Waals surface area contributed by atoms with Gasteiger partial charge in [0.2, 0.25) is 5.91 Å². The maximum atomic E-state index is 12.1. The molecular weight excluding hydrogens is 324 g/mol. The zero-order valence-electron chi connectivity index (χ0n) is 14.7. The van der Waals surface area contributed by atoms with Gasteiger partial charge in [0.25, 0.3) is 0 Å². The molecule has 3 aromatic rings. The van der Waals surface area contributed by atoms with Gasteiger partial charge in [0.1, 0.15) is 11.5 Å². The van der Waals surface area contributed by atoms with Crippen LogP contribution in [-0.4, -0.2) is 12.5 Å². The highest BCUT2D eigenvalue weighted by Crippen LogP contribution is 2.22. The van der Waals surface area contributed by atoms with Gasteiger partial charge in [-0.1, -0.05) is 48.5 Å². The Bertz CT molecular complexity index is 818. The molecule has 3 aromatic carbocycles. The predicted octanol–water partition coefficient (Wildman–Crippen LogP) is 4.77. The van der Waals surface area contributed by atoms with Crippen LogP contribution >= 0.6 is 0 Å². The molecule has 0 saturated carbocycles. The molecule has 0 fully saturated rings. The summed E-state index contributed by atoms with van der Waals surface area (Å²) in [5.41, 5.74) is 1.90. The maximum absolute atomic E-state index is 12.1. The molecule has 0 heterocycles. The van der Waals surface area contributed by atoms with Crippen molar-refractivity contribution in [2.75, 3.05) is 11.9 Å². The second-order valence-corrected chi connectivity index (χ2v) is 6.00. The van der Waals surface area contributed by atoms with Gasteiger partial charge in [0, 0.05) is 11.7 Å². The summed E-state index contributed by atoms with van der Waals surface area (Å²) in [6, 6.07) is 27.1. The topological polar surface area (TPSA) is 50.4 Å². The SMILES string of the molecule is C[C@@H](NCC(=O)Nc1ccc(Oc2ccccc2)cc1)c1ccccc1. The first-order valence-corrected chi connectivity index (χ1v) is 8.62. The van der Waals surface area contributed by atoms with Crippen LogP contribution < -0.4 is 15.4 Å². The third kappa shape index (κ3) is 5.19. The molecule has 1 amide bonds. The predicted molar refractivity (Wildman–Crippen MR) is 104 cm³/mol. The van der Waals surface area contributed by atoms with Crippen LogP contribution in [0.4, 0.5) is 5.69 Å². The van der Waals surface area contributed by atoms with Crippen LogP contribution in [0.1, 0.15) is 18.5 Å². The van der Waals surface area contributed by atoms with Crippen molar-refractivity contribution in [2.24, 2.45) is 0 Å². The van der Waals surface area contributed by atoms with E-state index in [2.05, 4.69) is 10.6 Å². The molecule has 0 aromatic heterocycles. The van der Waals surface area contributed by atoms with Gasteiger partial charge in [-0.05, 0) is 48.9 Å². The summed E-state index contributed by atoms with van der Waals surface area (Å²) in [5, 5.41) is 6.11. The van der Waals surface area contributed by atoms with Crippen molar-refractivity contribution in [1.82, 2.24) is 5.32 Å². The Morgan fingerprint density at radius 1 is 0.846 bits per heavy atom. The van der Waals surface area contributed by atoms with Crippen molar-refractivity contribution in [2.45, 2.75) is 13.0 Å². The molecule has 0 unspecified atom stereocenters. The number of ether oxygens (including phenoxy) is 1. The zero-order chi connectivity index (χ0) is 18.2. The summed E-state index contributed by atoms with van der Waals surface area (Å²) < 4.78 is 5.74. The van der Waals surface area contributed by atoms with E-state index in [9.17, 15) is 4.79 Å². The van der Waals surface area contributed by atoms with Gasteiger partial charge >= 0.3 is 0 Å². The Morgan fingerprint density at radius 3 is 2.08 bits per heavy atom. The Morgan fingerprint density at radius 2 is 1.42 bits per heavy atom. The Balaban J connectivity index is 1.48. The summed E-state index contributed by atoms with van der Waals surface area (Å²) in [4.78, 5) is 12.1. The lowest BCUT2D eigenvalue weighted by molar-refractivity contribution is -0.115. The Hall–Kier alpha value is -3.11. The molecule has 4 heteroatoms. The summed E-state index contributed by atoms with van der Waals surface area (Å²) in [5.74, 6) is 1.43. The largest absolute Gasteiger partial charge is 0.457 e. The van der Waals surface area contributed by atoms with E-state index in [-0.39, 0.29) is 18.5 Å². The molecule has 132 valence electrons. The van der Waals surface area contributed by atoms with Crippen molar-refractivity contribution >= 4 is 11.6 Å². The van der Waals surface area contributed by atoms with E-state index in [0.717, 1.165) is 22.7 Å². The van der Waals surface area contributed by atoms with Gasteiger partial charge in [-0.2, -0.15) is 0 Å². The number of benzene rings is 3. The summed E-state index contributed by atoms with van der Waals surface area (Å²) >= 11 is 0. The lowest BCUT2D eigenvalue weighted by atomic mass is 10.1. The van der Waals surface area contributed by atoms with Gasteiger partial charge in [0.05, 0.1) is 6.54 Å². The van der Waals surface area contributed by atoms with E-state index >= 15 is 0 Å². The molecule has 2 N–H and O–H groups in total. The first-order chi connectivity index (χ1) is 12.7. The van der Waals surface area contributed by atoms with E-state index in [0.29, 0.717) is 0 Å². The molecule has 0 saturated heterocycles. The lowest BCUT2D eigenvalue weighted by Crippen LogP contribution is -2.30. The van der Waals surface area contributed by atoms with Crippen LogP contribution in [-0.2, 0) is 4.79 Å². The molecule has 3 rings (SSSR count). The molecule has 0 aliphatic rings. The molecule has 1 atom stereocenters. The van der Waals surface area contributed by atoms with E-state index in [1.54, 1.807) is 0 Å². The minimum Gasteiger partial charge on any atom is -0.457 e. The van der Waals surface area contributed by atoms with E-state index in [1.807, 2.05) is 91.9 Å². The smallest absolute Gasteiger partial charge is 0.238 e. The fourth-order valence-electron chi connectivity index (χ4n) is 2.54. The second kappa shape index (κ2) is 8.83. The number of rotatable bonds is 7. The van der Waals surface area contributed by atoms with Crippen LogP contribution in [0.15, 0.2) is 84.9 Å². The van der Waals surface area contributed by atoms with Crippen molar-refractivity contribution in [3.05, 3.63) is 90.5 Å². The number of nitrogens with one attached hydrogen (secondary N) is 2. The van der Waals surface area contributed by atoms with Crippen molar-refractivity contribution in [3.63, 3.8) is 0 Å². The molecule has 4 nitrogen and oxygen atoms in total. The molecular formula is C22H22N2O2. The fraction of sp³-hybridized carbons (Fsp3) is 0.136. The third-order valence-electron chi connectivity index (χ3n) is 3.99. The number of hydrogen-bond acceptors (Lipinski definition) is 3. The second-order valence-electron chi connectivity index (χ2n) is 6.00. The number of carbonyl (C=O) groups excluding carboxylic acids is 1. The number of amides is 1. The van der Waals surface area contributed by atoms with Gasteiger partial charge in [-0.3, -0.25) is 4.79 Å². The fourth-order valence-corrected chi connectivity index (χ4v) is 2.54. The Kier molecular flexibility index (Phi) is 6.01. The molecule has 26 heavy (non-hydrogen) atoms. The van der Waals surface area contributed by atoms with Crippen LogP contribution in [0.2, 0.25) is 0 Å². The number of para-hydroxylation sites is 1. The highest BCUT2D eigenvalue weighted by atomic mass is 16.5. The molecule has 0 aliphatic heterocycles. The van der Waals surface area contributed by atoms with Gasteiger partial charge in [0.15, 0.2) is 0 Å². The lowest BCUT2D eigenvalue weighted by Gasteiger charge is -2.14. The summed E-state index contributed by atoms with van der Waals surface area (Å²) in [6.07, 6.45) is 0. The zero-order valence-corrected chi connectivity index (χ0v) is 14.7. The Labute approximate surface area is 153 Å². The van der Waals surface area contributed by atoms with E-state index in [4.69, 9.17) is 4.74 Å². The van der Waals surface area contributed by atoms with Crippen molar-refractivity contribution in [3.8, 4) is 11.5 Å². The first-order valence-electron chi connectivity index (χ1n) is 8.62. The molecule has 0 spiro atoms. The average Bonchev–Trinajstić information content (AvgIpc) is 2.69. The third-order valence-corrected chi connectivity index (χ3v) is 3.99. The van der Waals surface area contributed by atoms with Gasteiger partial charge in [-0.25, -0.2) is 0 Å². The van der Waals surface area contributed by atoms with Crippen LogP contribution in [0.5, 0.6) is 11.5 Å². The normalized spacial score (nSPS) is 11.6. The standard InChI is InChI=1S/C22H22N2O2/c1-17(18-8-4-2-5-9-18)23-16-22(25)24-19-12-14-21(15-13-19)26-20-10-6-3-7-11-20/h2-15,17,23H,16H2,1H3,(H,24,25)/t17-/m1/s1. The number of hydrogen-bond donors (Lipinski definition) is 2.